The highest BCUT2D eigenvalue weighted by Gasteiger charge is 2.27. The van der Waals surface area contributed by atoms with Crippen LogP contribution in [0.5, 0.6) is 5.75 Å². The number of hydrogen-bond donors (Lipinski definition) is 4. The number of rotatable bonds is 5. The van der Waals surface area contributed by atoms with Crippen LogP contribution in [-0.2, 0) is 22.6 Å². The average molecular weight is 444 g/mol. The first-order chi connectivity index (χ1) is 14.7. The summed E-state index contributed by atoms with van der Waals surface area (Å²) >= 11 is 6.28. The highest BCUT2D eigenvalue weighted by molar-refractivity contribution is 6.34. The SMILES string of the molecule is C[C@H](NC(=O)c1c(Cl)cc2c(c1N)CCN(C(=O)/C=C/c1ccccc1O)C2)C(=O)O. The summed E-state index contributed by atoms with van der Waals surface area (Å²) in [6, 6.07) is 7.18. The van der Waals surface area contributed by atoms with Crippen molar-refractivity contribution in [3.8, 4) is 5.75 Å². The van der Waals surface area contributed by atoms with Crippen molar-refractivity contribution in [2.75, 3.05) is 12.3 Å². The molecule has 1 aliphatic heterocycles. The van der Waals surface area contributed by atoms with Crippen LogP contribution in [0.4, 0.5) is 5.69 Å². The number of halogens is 1. The molecule has 9 heteroatoms. The van der Waals surface area contributed by atoms with Gasteiger partial charge in [0.05, 0.1) is 10.6 Å². The number of carboxylic acid groups (broad SMARTS) is 1. The third kappa shape index (κ3) is 4.80. The predicted molar refractivity (Wildman–Crippen MR) is 117 cm³/mol. The standard InChI is InChI=1S/C22H22ClN3O5/c1-12(22(30)31)25-21(29)19-16(23)10-14-11-26(9-8-15(14)20(19)24)18(28)7-6-13-4-2-3-5-17(13)27/h2-7,10,12,27H,8-9,11,24H2,1H3,(H,25,29)(H,30,31)/b7-6+/t12-/m0/s1. The minimum absolute atomic E-state index is 0.0349. The number of carbonyl (C=O) groups is 3. The van der Waals surface area contributed by atoms with E-state index in [1.54, 1.807) is 35.2 Å². The molecule has 0 fully saturated rings. The number of carbonyl (C=O) groups excluding carboxylic acids is 2. The average Bonchev–Trinajstić information content (AvgIpc) is 2.72. The molecule has 1 aliphatic rings. The van der Waals surface area contributed by atoms with Gasteiger partial charge in [-0.05, 0) is 42.7 Å². The molecule has 0 bridgehead atoms. The lowest BCUT2D eigenvalue weighted by Crippen LogP contribution is -2.39. The summed E-state index contributed by atoms with van der Waals surface area (Å²) < 4.78 is 0. The topological polar surface area (TPSA) is 133 Å². The van der Waals surface area contributed by atoms with E-state index in [0.717, 1.165) is 5.56 Å². The number of hydrogen-bond acceptors (Lipinski definition) is 5. The van der Waals surface area contributed by atoms with E-state index in [1.807, 2.05) is 0 Å². The number of nitrogens with zero attached hydrogens (tertiary/aromatic N) is 1. The summed E-state index contributed by atoms with van der Waals surface area (Å²) in [5.41, 5.74) is 8.39. The fraction of sp³-hybridized carbons (Fsp3) is 0.227. The number of aliphatic carboxylic acids is 1. The Labute approximate surface area is 183 Å². The van der Waals surface area contributed by atoms with Crippen molar-refractivity contribution < 1.29 is 24.6 Å². The summed E-state index contributed by atoms with van der Waals surface area (Å²) in [4.78, 5) is 37.7. The molecule has 2 aromatic rings. The van der Waals surface area contributed by atoms with E-state index >= 15 is 0 Å². The van der Waals surface area contributed by atoms with E-state index in [4.69, 9.17) is 22.4 Å². The molecular weight excluding hydrogens is 422 g/mol. The summed E-state index contributed by atoms with van der Waals surface area (Å²) in [5, 5.41) is 21.2. The van der Waals surface area contributed by atoms with Crippen molar-refractivity contribution in [3.05, 3.63) is 63.7 Å². The van der Waals surface area contributed by atoms with Crippen LogP contribution in [0.15, 0.2) is 36.4 Å². The zero-order chi connectivity index (χ0) is 22.7. The molecule has 2 aromatic carbocycles. The van der Waals surface area contributed by atoms with Crippen molar-refractivity contribution in [2.24, 2.45) is 0 Å². The summed E-state index contributed by atoms with van der Waals surface area (Å²) in [5.74, 6) is -1.99. The minimum Gasteiger partial charge on any atom is -0.507 e. The molecule has 31 heavy (non-hydrogen) atoms. The number of nitrogen functional groups attached to an aromatic ring is 1. The van der Waals surface area contributed by atoms with E-state index in [0.29, 0.717) is 24.1 Å². The van der Waals surface area contributed by atoms with Gasteiger partial charge in [-0.3, -0.25) is 14.4 Å². The zero-order valence-electron chi connectivity index (χ0n) is 16.8. The molecule has 3 rings (SSSR count). The van der Waals surface area contributed by atoms with Crippen LogP contribution in [0.3, 0.4) is 0 Å². The third-order valence-electron chi connectivity index (χ3n) is 5.11. The number of fused-ring (bicyclic) bond motifs is 1. The molecule has 2 amide bonds. The molecule has 8 nitrogen and oxygen atoms in total. The van der Waals surface area contributed by atoms with Crippen molar-refractivity contribution in [1.82, 2.24) is 10.2 Å². The van der Waals surface area contributed by atoms with E-state index in [2.05, 4.69) is 5.32 Å². The normalized spacial score (nSPS) is 14.2. The van der Waals surface area contributed by atoms with Gasteiger partial charge >= 0.3 is 5.97 Å². The lowest BCUT2D eigenvalue weighted by molar-refractivity contribution is -0.138. The Morgan fingerprint density at radius 2 is 2.00 bits per heavy atom. The zero-order valence-corrected chi connectivity index (χ0v) is 17.5. The van der Waals surface area contributed by atoms with Crippen LogP contribution in [0.25, 0.3) is 6.08 Å². The Bertz CT molecular complexity index is 1080. The highest BCUT2D eigenvalue weighted by atomic mass is 35.5. The molecule has 0 saturated heterocycles. The Kier molecular flexibility index (Phi) is 6.50. The summed E-state index contributed by atoms with van der Waals surface area (Å²) in [6.45, 7) is 1.99. The number of para-hydroxylation sites is 1. The van der Waals surface area contributed by atoms with Gasteiger partial charge in [-0.25, -0.2) is 0 Å². The predicted octanol–water partition coefficient (Wildman–Crippen LogP) is 2.43. The van der Waals surface area contributed by atoms with Gasteiger partial charge in [0.15, 0.2) is 0 Å². The summed E-state index contributed by atoms with van der Waals surface area (Å²) in [7, 11) is 0. The maximum absolute atomic E-state index is 12.6. The van der Waals surface area contributed by atoms with Crippen LogP contribution >= 0.6 is 11.6 Å². The number of carboxylic acids is 1. The second kappa shape index (κ2) is 9.09. The van der Waals surface area contributed by atoms with E-state index in [9.17, 15) is 19.5 Å². The number of phenolic OH excluding ortho intramolecular Hbond substituents is 1. The maximum atomic E-state index is 12.6. The molecule has 0 spiro atoms. The largest absolute Gasteiger partial charge is 0.507 e. The first-order valence-electron chi connectivity index (χ1n) is 9.57. The number of nitrogens with one attached hydrogen (secondary N) is 1. The maximum Gasteiger partial charge on any atom is 0.325 e. The van der Waals surface area contributed by atoms with E-state index in [1.165, 1.54) is 19.1 Å². The smallest absolute Gasteiger partial charge is 0.325 e. The molecule has 0 aromatic heterocycles. The van der Waals surface area contributed by atoms with Gasteiger partial charge in [0.25, 0.3) is 5.91 Å². The minimum atomic E-state index is -1.17. The van der Waals surface area contributed by atoms with Gasteiger partial charge in [-0.1, -0.05) is 29.8 Å². The fourth-order valence-electron chi connectivity index (χ4n) is 3.38. The van der Waals surface area contributed by atoms with Crippen molar-refractivity contribution in [1.29, 1.82) is 0 Å². The first-order valence-corrected chi connectivity index (χ1v) is 9.95. The second-order valence-corrected chi connectivity index (χ2v) is 7.63. The van der Waals surface area contributed by atoms with Gasteiger partial charge in [0.2, 0.25) is 5.91 Å². The molecule has 5 N–H and O–H groups in total. The van der Waals surface area contributed by atoms with Gasteiger partial charge in [0, 0.05) is 30.4 Å². The number of aromatic hydroxyl groups is 1. The third-order valence-corrected chi connectivity index (χ3v) is 5.41. The van der Waals surface area contributed by atoms with Gasteiger partial charge < -0.3 is 26.2 Å². The monoisotopic (exact) mass is 443 g/mol. The van der Waals surface area contributed by atoms with Gasteiger partial charge in [-0.15, -0.1) is 0 Å². The van der Waals surface area contributed by atoms with Gasteiger partial charge in [0.1, 0.15) is 11.8 Å². The van der Waals surface area contributed by atoms with Crippen LogP contribution < -0.4 is 11.1 Å². The van der Waals surface area contributed by atoms with E-state index < -0.39 is 17.9 Å². The first kappa shape index (κ1) is 22.2. The molecule has 1 atom stereocenters. The lowest BCUT2D eigenvalue weighted by atomic mass is 9.94. The van der Waals surface area contributed by atoms with Crippen molar-refractivity contribution in [2.45, 2.75) is 25.9 Å². The Morgan fingerprint density at radius 1 is 1.29 bits per heavy atom. The van der Waals surface area contributed by atoms with Crippen molar-refractivity contribution >= 4 is 41.1 Å². The lowest BCUT2D eigenvalue weighted by Gasteiger charge is -2.30. The highest BCUT2D eigenvalue weighted by Crippen LogP contribution is 2.33. The fourth-order valence-corrected chi connectivity index (χ4v) is 3.70. The molecule has 0 aliphatic carbocycles. The van der Waals surface area contributed by atoms with Crippen molar-refractivity contribution in [3.63, 3.8) is 0 Å². The molecule has 162 valence electrons. The quantitative estimate of drug-likeness (QED) is 0.414. The molecule has 0 saturated carbocycles. The Balaban J connectivity index is 1.79. The van der Waals surface area contributed by atoms with Crippen LogP contribution in [0.1, 0.15) is 34.0 Å². The number of amides is 2. The summed E-state index contributed by atoms with van der Waals surface area (Å²) in [6.07, 6.45) is 3.36. The van der Waals surface area contributed by atoms with Gasteiger partial charge in [-0.2, -0.15) is 0 Å². The van der Waals surface area contributed by atoms with Crippen LogP contribution in [0.2, 0.25) is 5.02 Å². The number of phenols is 1. The number of benzene rings is 2. The second-order valence-electron chi connectivity index (χ2n) is 7.22. The van der Waals surface area contributed by atoms with E-state index in [-0.39, 0.29) is 34.5 Å². The Morgan fingerprint density at radius 3 is 2.68 bits per heavy atom. The molecular formula is C22H22ClN3O5. The van der Waals surface area contributed by atoms with Crippen LogP contribution in [0, 0.1) is 0 Å². The molecule has 0 unspecified atom stereocenters. The van der Waals surface area contributed by atoms with Crippen LogP contribution in [-0.4, -0.2) is 45.5 Å². The molecule has 0 radical (unpaired) electrons. The molecule has 1 heterocycles. The Hall–Kier alpha value is -3.52. The number of anilines is 1. The number of nitrogens with two attached hydrogens (primary N) is 1.